The lowest BCUT2D eigenvalue weighted by atomic mass is 10.1. The van der Waals surface area contributed by atoms with Crippen LogP contribution in [0.1, 0.15) is 12.0 Å². The Labute approximate surface area is 151 Å². The van der Waals surface area contributed by atoms with Crippen molar-refractivity contribution >= 4 is 22.9 Å². The van der Waals surface area contributed by atoms with E-state index < -0.39 is 0 Å². The van der Waals surface area contributed by atoms with Crippen molar-refractivity contribution in [3.05, 3.63) is 42.2 Å². The molecule has 4 rings (SSSR count). The van der Waals surface area contributed by atoms with E-state index in [9.17, 15) is 4.79 Å². The molecule has 0 N–H and O–H groups in total. The fourth-order valence-corrected chi connectivity index (χ4v) is 3.29. The van der Waals surface area contributed by atoms with E-state index >= 15 is 0 Å². The number of anilines is 1. The number of aromatic nitrogens is 5. The van der Waals surface area contributed by atoms with E-state index in [0.717, 1.165) is 31.0 Å². The molecule has 2 aromatic heterocycles. The maximum Gasteiger partial charge on any atom is 0.223 e. The Hall–Kier alpha value is -3.03. The first-order valence-corrected chi connectivity index (χ1v) is 8.79. The Morgan fingerprint density at radius 3 is 2.62 bits per heavy atom. The fourth-order valence-electron chi connectivity index (χ4n) is 3.29. The normalized spacial score (nSPS) is 14.8. The van der Waals surface area contributed by atoms with Crippen molar-refractivity contribution in [2.24, 2.45) is 7.05 Å². The lowest BCUT2D eigenvalue weighted by Crippen LogP contribution is -2.49. The van der Waals surface area contributed by atoms with Crippen molar-refractivity contribution in [3.8, 4) is 0 Å². The summed E-state index contributed by atoms with van der Waals surface area (Å²) in [5, 5.41) is 8.20. The van der Waals surface area contributed by atoms with Crippen LogP contribution in [-0.4, -0.2) is 61.9 Å². The van der Waals surface area contributed by atoms with E-state index in [1.54, 1.807) is 11.0 Å². The maximum atomic E-state index is 12.5. The second-order valence-electron chi connectivity index (χ2n) is 6.44. The van der Waals surface area contributed by atoms with Gasteiger partial charge in [-0.15, -0.1) is 5.10 Å². The van der Waals surface area contributed by atoms with Gasteiger partial charge in [-0.25, -0.2) is 14.6 Å². The second-order valence-corrected chi connectivity index (χ2v) is 6.44. The highest BCUT2D eigenvalue weighted by atomic mass is 16.2. The molecule has 1 aromatic carbocycles. The van der Waals surface area contributed by atoms with Crippen LogP contribution in [0, 0.1) is 0 Å². The Balaban J connectivity index is 1.37. The monoisotopic (exact) mass is 351 g/mol. The van der Waals surface area contributed by atoms with Gasteiger partial charge >= 0.3 is 0 Å². The highest BCUT2D eigenvalue weighted by Gasteiger charge is 2.24. The van der Waals surface area contributed by atoms with Gasteiger partial charge in [0.15, 0.2) is 17.0 Å². The molecule has 26 heavy (non-hydrogen) atoms. The summed E-state index contributed by atoms with van der Waals surface area (Å²) in [4.78, 5) is 25.2. The molecule has 0 spiro atoms. The summed E-state index contributed by atoms with van der Waals surface area (Å²) >= 11 is 0. The Morgan fingerprint density at radius 1 is 1.08 bits per heavy atom. The average Bonchev–Trinajstić information content (AvgIpc) is 3.08. The van der Waals surface area contributed by atoms with Crippen molar-refractivity contribution in [2.75, 3.05) is 31.1 Å². The summed E-state index contributed by atoms with van der Waals surface area (Å²) in [5.74, 6) is 1.00. The fraction of sp³-hybridized carbons (Fsp3) is 0.389. The van der Waals surface area contributed by atoms with Crippen LogP contribution in [0.25, 0.3) is 11.2 Å². The van der Waals surface area contributed by atoms with E-state index in [4.69, 9.17) is 0 Å². The van der Waals surface area contributed by atoms with Crippen LogP contribution in [0.5, 0.6) is 0 Å². The SMILES string of the molecule is Cn1nnc2c(N3CCN(C(=O)CCc4ccccc4)CC3)ncnc21. The third kappa shape index (κ3) is 3.22. The van der Waals surface area contributed by atoms with E-state index in [1.807, 2.05) is 30.1 Å². The van der Waals surface area contributed by atoms with Crippen molar-refractivity contribution in [3.63, 3.8) is 0 Å². The van der Waals surface area contributed by atoms with Gasteiger partial charge in [0.05, 0.1) is 0 Å². The zero-order valence-corrected chi connectivity index (χ0v) is 14.7. The smallest absolute Gasteiger partial charge is 0.223 e. The molecule has 1 saturated heterocycles. The standard InChI is InChI=1S/C18H21N7O/c1-23-17-16(21-22-23)18(20-13-19-17)25-11-9-24(10-12-25)15(26)8-7-14-5-3-2-4-6-14/h2-6,13H,7-12H2,1H3. The Bertz CT molecular complexity index is 900. The summed E-state index contributed by atoms with van der Waals surface area (Å²) in [6, 6.07) is 10.1. The predicted molar refractivity (Wildman–Crippen MR) is 97.7 cm³/mol. The van der Waals surface area contributed by atoms with Gasteiger partial charge in [0.1, 0.15) is 6.33 Å². The quantitative estimate of drug-likeness (QED) is 0.699. The number of carbonyl (C=O) groups is 1. The molecule has 3 aromatic rings. The number of fused-ring (bicyclic) bond motifs is 1. The molecule has 1 amide bonds. The van der Waals surface area contributed by atoms with Gasteiger partial charge in [-0.3, -0.25) is 4.79 Å². The molecule has 3 heterocycles. The molecule has 8 heteroatoms. The number of rotatable bonds is 4. The van der Waals surface area contributed by atoms with Crippen molar-refractivity contribution in [1.29, 1.82) is 0 Å². The number of carbonyl (C=O) groups excluding carboxylic acids is 1. The molecule has 0 radical (unpaired) electrons. The van der Waals surface area contributed by atoms with Gasteiger partial charge in [-0.2, -0.15) is 0 Å². The Kier molecular flexibility index (Phi) is 4.47. The first-order chi connectivity index (χ1) is 12.7. The van der Waals surface area contributed by atoms with E-state index in [2.05, 4.69) is 37.3 Å². The molecule has 8 nitrogen and oxygen atoms in total. The zero-order valence-electron chi connectivity index (χ0n) is 14.7. The topological polar surface area (TPSA) is 80.0 Å². The van der Waals surface area contributed by atoms with Gasteiger partial charge in [-0.05, 0) is 12.0 Å². The van der Waals surface area contributed by atoms with Crippen LogP contribution in [-0.2, 0) is 18.3 Å². The molecule has 1 aliphatic heterocycles. The first kappa shape index (κ1) is 16.4. The largest absolute Gasteiger partial charge is 0.351 e. The lowest BCUT2D eigenvalue weighted by Gasteiger charge is -2.35. The summed E-state index contributed by atoms with van der Waals surface area (Å²) < 4.78 is 1.64. The molecule has 1 aliphatic rings. The molecule has 0 bridgehead atoms. The van der Waals surface area contributed by atoms with Gasteiger partial charge in [-0.1, -0.05) is 35.5 Å². The third-order valence-corrected chi connectivity index (χ3v) is 4.77. The molecule has 0 saturated carbocycles. The third-order valence-electron chi connectivity index (χ3n) is 4.77. The maximum absolute atomic E-state index is 12.5. The first-order valence-electron chi connectivity index (χ1n) is 8.79. The van der Waals surface area contributed by atoms with E-state index in [1.165, 1.54) is 5.56 Å². The molecule has 0 aliphatic carbocycles. The van der Waals surface area contributed by atoms with Crippen molar-refractivity contribution < 1.29 is 4.79 Å². The van der Waals surface area contributed by atoms with Crippen LogP contribution >= 0.6 is 0 Å². The van der Waals surface area contributed by atoms with Crippen LogP contribution in [0.2, 0.25) is 0 Å². The summed E-state index contributed by atoms with van der Waals surface area (Å²) in [6.45, 7) is 2.86. The number of nitrogens with zero attached hydrogens (tertiary/aromatic N) is 7. The number of benzene rings is 1. The number of piperazine rings is 1. The summed E-state index contributed by atoms with van der Waals surface area (Å²) in [6.07, 6.45) is 2.87. The average molecular weight is 351 g/mol. The predicted octanol–water partition coefficient (Wildman–Crippen LogP) is 1.04. The van der Waals surface area contributed by atoms with Crippen molar-refractivity contribution in [2.45, 2.75) is 12.8 Å². The lowest BCUT2D eigenvalue weighted by molar-refractivity contribution is -0.131. The minimum Gasteiger partial charge on any atom is -0.351 e. The molecule has 0 atom stereocenters. The van der Waals surface area contributed by atoms with Gasteiger partial charge in [0, 0.05) is 39.6 Å². The molecule has 134 valence electrons. The van der Waals surface area contributed by atoms with Gasteiger partial charge in [0.25, 0.3) is 0 Å². The van der Waals surface area contributed by atoms with E-state index in [-0.39, 0.29) is 5.91 Å². The highest BCUT2D eigenvalue weighted by molar-refractivity contribution is 5.83. The molecule has 1 fully saturated rings. The van der Waals surface area contributed by atoms with Crippen LogP contribution in [0.4, 0.5) is 5.82 Å². The molecule has 0 unspecified atom stereocenters. The minimum atomic E-state index is 0.209. The summed E-state index contributed by atoms with van der Waals surface area (Å²) in [7, 11) is 1.81. The van der Waals surface area contributed by atoms with E-state index in [0.29, 0.717) is 25.0 Å². The van der Waals surface area contributed by atoms with Gasteiger partial charge < -0.3 is 9.80 Å². The summed E-state index contributed by atoms with van der Waals surface area (Å²) in [5.41, 5.74) is 2.63. The molecular formula is C18H21N7O. The Morgan fingerprint density at radius 2 is 1.85 bits per heavy atom. The molecular weight excluding hydrogens is 330 g/mol. The second kappa shape index (κ2) is 7.07. The number of hydrogen-bond acceptors (Lipinski definition) is 6. The minimum absolute atomic E-state index is 0.209. The van der Waals surface area contributed by atoms with Crippen LogP contribution in [0.15, 0.2) is 36.7 Å². The highest BCUT2D eigenvalue weighted by Crippen LogP contribution is 2.21. The number of hydrogen-bond donors (Lipinski definition) is 0. The number of aryl methyl sites for hydroxylation is 2. The zero-order chi connectivity index (χ0) is 17.9. The number of amides is 1. The van der Waals surface area contributed by atoms with Crippen LogP contribution in [0.3, 0.4) is 0 Å². The van der Waals surface area contributed by atoms with Crippen molar-refractivity contribution in [1.82, 2.24) is 29.9 Å². The van der Waals surface area contributed by atoms with Gasteiger partial charge in [0.2, 0.25) is 5.91 Å². The van der Waals surface area contributed by atoms with Crippen LogP contribution < -0.4 is 4.90 Å².